The molecule has 0 bridgehead atoms. The highest BCUT2D eigenvalue weighted by molar-refractivity contribution is 5.82. The highest BCUT2D eigenvalue weighted by Crippen LogP contribution is 2.05. The van der Waals surface area contributed by atoms with Crippen molar-refractivity contribution in [3.05, 3.63) is 33.0 Å². The van der Waals surface area contributed by atoms with Crippen LogP contribution in [0.2, 0.25) is 0 Å². The molecule has 0 atom stereocenters. The molecular weight excluding hydrogens is 270 g/mol. The lowest BCUT2D eigenvalue weighted by Gasteiger charge is -2.04. The van der Waals surface area contributed by atoms with Gasteiger partial charge < -0.3 is 4.74 Å². The molecule has 0 N–H and O–H groups in total. The van der Waals surface area contributed by atoms with Gasteiger partial charge in [-0.2, -0.15) is 4.98 Å². The third-order valence-electron chi connectivity index (χ3n) is 2.31. The Balaban J connectivity index is 2.66. The van der Waals surface area contributed by atoms with E-state index in [0.29, 0.717) is 0 Å². The van der Waals surface area contributed by atoms with Gasteiger partial charge in [0.1, 0.15) is 6.20 Å². The van der Waals surface area contributed by atoms with E-state index in [1.54, 1.807) is 6.92 Å². The van der Waals surface area contributed by atoms with Gasteiger partial charge in [-0.25, -0.2) is 4.79 Å². The zero-order valence-corrected chi connectivity index (χ0v) is 10.8. The van der Waals surface area contributed by atoms with Gasteiger partial charge in [0, 0.05) is 6.42 Å². The van der Waals surface area contributed by atoms with Crippen molar-refractivity contribution in [3.8, 4) is 0 Å². The van der Waals surface area contributed by atoms with Crippen molar-refractivity contribution in [2.75, 3.05) is 6.61 Å². The molecule has 9 nitrogen and oxygen atoms in total. The van der Waals surface area contributed by atoms with Crippen LogP contribution in [0, 0.1) is 10.1 Å². The summed E-state index contributed by atoms with van der Waals surface area (Å²) in [6.07, 6.45) is 1.57. The van der Waals surface area contributed by atoms with Gasteiger partial charge in [-0.15, -0.1) is 0 Å². The van der Waals surface area contributed by atoms with Gasteiger partial charge in [0.25, 0.3) is 0 Å². The molecule has 9 heteroatoms. The number of carbonyl (C=O) groups is 2. The Morgan fingerprint density at radius 2 is 2.15 bits per heavy atom. The minimum Gasteiger partial charge on any atom is -0.466 e. The molecular formula is C11H13N3O6. The molecule has 0 aliphatic heterocycles. The van der Waals surface area contributed by atoms with Crippen LogP contribution in [0.3, 0.4) is 0 Å². The average molecular weight is 283 g/mol. The normalized spacial score (nSPS) is 10.1. The molecule has 0 saturated heterocycles. The summed E-state index contributed by atoms with van der Waals surface area (Å²) in [6, 6.07) is 0. The topological polar surface area (TPSA) is 121 Å². The predicted octanol–water partition coefficient (Wildman–Crippen LogP) is 0.0639. The smallest absolute Gasteiger partial charge is 0.348 e. The summed E-state index contributed by atoms with van der Waals surface area (Å²) in [5.41, 5.74) is -1.15. The van der Waals surface area contributed by atoms with Crippen molar-refractivity contribution >= 4 is 17.4 Å². The Kier molecular flexibility index (Phi) is 5.51. The SMILES string of the molecule is CCOC(=O)CCC(=O)Cn1cc([N+](=O)[O-])cnc1=O. The number of ether oxygens (including phenoxy) is 1. The maximum atomic E-state index is 11.6. The Morgan fingerprint density at radius 3 is 2.75 bits per heavy atom. The van der Waals surface area contributed by atoms with E-state index in [0.717, 1.165) is 17.0 Å². The quantitative estimate of drug-likeness (QED) is 0.394. The molecule has 108 valence electrons. The van der Waals surface area contributed by atoms with Gasteiger partial charge in [-0.05, 0) is 6.92 Å². The number of hydrogen-bond donors (Lipinski definition) is 0. The van der Waals surface area contributed by atoms with Crippen molar-refractivity contribution in [3.63, 3.8) is 0 Å². The van der Waals surface area contributed by atoms with E-state index in [2.05, 4.69) is 9.72 Å². The van der Waals surface area contributed by atoms with Crippen LogP contribution < -0.4 is 5.69 Å². The average Bonchev–Trinajstić information content (AvgIpc) is 2.39. The third kappa shape index (κ3) is 4.59. The lowest BCUT2D eigenvalue weighted by Crippen LogP contribution is -2.26. The minimum atomic E-state index is -0.764. The van der Waals surface area contributed by atoms with E-state index in [1.807, 2.05) is 0 Å². The molecule has 0 aliphatic rings. The summed E-state index contributed by atoms with van der Waals surface area (Å²) < 4.78 is 5.49. The van der Waals surface area contributed by atoms with Crippen LogP contribution in [0.25, 0.3) is 0 Å². The summed E-state index contributed by atoms with van der Waals surface area (Å²) in [6.45, 7) is 1.50. The van der Waals surface area contributed by atoms with E-state index in [-0.39, 0.29) is 31.7 Å². The zero-order valence-electron chi connectivity index (χ0n) is 10.8. The van der Waals surface area contributed by atoms with Gasteiger partial charge >= 0.3 is 17.3 Å². The molecule has 0 amide bonds. The number of ketones is 1. The number of carbonyl (C=O) groups excluding carboxylic acids is 2. The lowest BCUT2D eigenvalue weighted by atomic mass is 10.2. The van der Waals surface area contributed by atoms with Crippen molar-refractivity contribution in [1.29, 1.82) is 0 Å². The van der Waals surface area contributed by atoms with Gasteiger partial charge in [0.05, 0.1) is 30.7 Å². The molecule has 0 spiro atoms. The largest absolute Gasteiger partial charge is 0.466 e. The molecule has 0 saturated carbocycles. The number of nitro groups is 1. The number of hydrogen-bond acceptors (Lipinski definition) is 7. The van der Waals surface area contributed by atoms with Gasteiger partial charge in [0.2, 0.25) is 0 Å². The minimum absolute atomic E-state index is 0.0935. The van der Waals surface area contributed by atoms with Crippen molar-refractivity contribution < 1.29 is 19.2 Å². The number of Topliss-reactive ketones (excluding diaryl/α,β-unsaturated/α-hetero) is 1. The predicted molar refractivity (Wildman–Crippen MR) is 66.0 cm³/mol. The Labute approximate surface area is 113 Å². The van der Waals surface area contributed by atoms with Gasteiger partial charge in [-0.1, -0.05) is 0 Å². The van der Waals surface area contributed by atoms with Crippen molar-refractivity contribution in [2.45, 2.75) is 26.3 Å². The fourth-order valence-corrected chi connectivity index (χ4v) is 1.39. The number of aromatic nitrogens is 2. The van der Waals surface area contributed by atoms with Crippen molar-refractivity contribution in [2.24, 2.45) is 0 Å². The molecule has 1 rings (SSSR count). The molecule has 0 unspecified atom stereocenters. The monoisotopic (exact) mass is 283 g/mol. The molecule has 1 aromatic rings. The number of esters is 1. The van der Waals surface area contributed by atoms with Crippen LogP contribution in [0.1, 0.15) is 19.8 Å². The van der Waals surface area contributed by atoms with Crippen LogP contribution in [-0.4, -0.2) is 32.8 Å². The Morgan fingerprint density at radius 1 is 1.45 bits per heavy atom. The fourth-order valence-electron chi connectivity index (χ4n) is 1.39. The second-order valence-electron chi connectivity index (χ2n) is 3.82. The first-order valence-electron chi connectivity index (χ1n) is 5.82. The van der Waals surface area contributed by atoms with Gasteiger partial charge in [-0.3, -0.25) is 24.3 Å². The van der Waals surface area contributed by atoms with E-state index in [4.69, 9.17) is 0 Å². The molecule has 20 heavy (non-hydrogen) atoms. The first kappa shape index (κ1) is 15.5. The van der Waals surface area contributed by atoms with Crippen LogP contribution in [-0.2, 0) is 20.9 Å². The molecule has 1 aromatic heterocycles. The molecule has 0 aromatic carbocycles. The summed E-state index contributed by atoms with van der Waals surface area (Å²) in [5, 5.41) is 10.5. The first-order valence-corrected chi connectivity index (χ1v) is 5.82. The summed E-state index contributed by atoms with van der Waals surface area (Å²) in [4.78, 5) is 47.1. The van der Waals surface area contributed by atoms with Crippen LogP contribution in [0.4, 0.5) is 5.69 Å². The van der Waals surface area contributed by atoms with Crippen LogP contribution in [0.15, 0.2) is 17.2 Å². The third-order valence-corrected chi connectivity index (χ3v) is 2.31. The van der Waals surface area contributed by atoms with Gasteiger partial charge in [0.15, 0.2) is 5.78 Å². The summed E-state index contributed by atoms with van der Waals surface area (Å²) >= 11 is 0. The maximum absolute atomic E-state index is 11.6. The summed E-state index contributed by atoms with van der Waals surface area (Å²) in [5.74, 6) is -0.923. The standard InChI is InChI=1S/C11H13N3O6/c1-2-20-10(16)4-3-9(15)7-13-6-8(14(18)19)5-12-11(13)17/h5-6H,2-4,7H2,1H3. The number of rotatable bonds is 7. The second-order valence-corrected chi connectivity index (χ2v) is 3.82. The van der Waals surface area contributed by atoms with Crippen LogP contribution >= 0.6 is 0 Å². The molecule has 0 fully saturated rings. The molecule has 1 heterocycles. The first-order chi connectivity index (χ1) is 9.43. The van der Waals surface area contributed by atoms with E-state index >= 15 is 0 Å². The highest BCUT2D eigenvalue weighted by atomic mass is 16.6. The van der Waals surface area contributed by atoms with E-state index in [1.165, 1.54) is 0 Å². The highest BCUT2D eigenvalue weighted by Gasteiger charge is 2.13. The summed E-state index contributed by atoms with van der Waals surface area (Å²) in [7, 11) is 0. The second kappa shape index (κ2) is 7.12. The van der Waals surface area contributed by atoms with Crippen molar-refractivity contribution in [1.82, 2.24) is 9.55 Å². The van der Waals surface area contributed by atoms with E-state index < -0.39 is 22.4 Å². The number of nitrogens with zero attached hydrogens (tertiary/aromatic N) is 3. The lowest BCUT2D eigenvalue weighted by molar-refractivity contribution is -0.385. The molecule has 0 radical (unpaired) electrons. The maximum Gasteiger partial charge on any atom is 0.348 e. The molecule has 0 aliphatic carbocycles. The van der Waals surface area contributed by atoms with E-state index in [9.17, 15) is 24.5 Å². The van der Waals surface area contributed by atoms with Crippen LogP contribution in [0.5, 0.6) is 0 Å². The Hall–Kier alpha value is -2.58. The fraction of sp³-hybridized carbons (Fsp3) is 0.455. The Bertz CT molecular complexity index is 580. The zero-order chi connectivity index (χ0) is 15.1.